The minimum Gasteiger partial charge on any atom is -0.497 e. The Hall–Kier alpha value is -2.04. The van der Waals surface area contributed by atoms with Crippen LogP contribution in [0.25, 0.3) is 0 Å². The van der Waals surface area contributed by atoms with Gasteiger partial charge in [0.2, 0.25) is 0 Å². The maximum atomic E-state index is 11.8. The van der Waals surface area contributed by atoms with Gasteiger partial charge in [-0.3, -0.25) is 9.59 Å². The number of rotatable bonds is 6. The number of methoxy groups -OCH3 is 1. The summed E-state index contributed by atoms with van der Waals surface area (Å²) in [4.78, 5) is 23.3. The molecule has 0 radical (unpaired) electrons. The Labute approximate surface area is 118 Å². The molecule has 1 amide bonds. The van der Waals surface area contributed by atoms with Gasteiger partial charge >= 0.3 is 5.97 Å². The zero-order valence-electron chi connectivity index (χ0n) is 11.7. The SMILES string of the molecule is COc1ccc(CNC(=O)[C@@H](C)OC(=O)C2CC2)cc1. The molecule has 1 fully saturated rings. The molecule has 1 aromatic rings. The van der Waals surface area contributed by atoms with Crippen LogP contribution in [0.2, 0.25) is 0 Å². The summed E-state index contributed by atoms with van der Waals surface area (Å²) in [6.45, 7) is 1.98. The topological polar surface area (TPSA) is 64.6 Å². The smallest absolute Gasteiger partial charge is 0.309 e. The number of ether oxygens (including phenoxy) is 2. The van der Waals surface area contributed by atoms with Crippen molar-refractivity contribution in [3.8, 4) is 5.75 Å². The lowest BCUT2D eigenvalue weighted by Gasteiger charge is -2.13. The van der Waals surface area contributed by atoms with Gasteiger partial charge < -0.3 is 14.8 Å². The van der Waals surface area contributed by atoms with E-state index in [1.807, 2.05) is 24.3 Å². The summed E-state index contributed by atoms with van der Waals surface area (Å²) in [6.07, 6.45) is 0.999. The number of nitrogens with one attached hydrogen (secondary N) is 1. The van der Waals surface area contributed by atoms with E-state index in [1.165, 1.54) is 0 Å². The fourth-order valence-corrected chi connectivity index (χ4v) is 1.72. The summed E-state index contributed by atoms with van der Waals surface area (Å²) < 4.78 is 10.2. The Balaban J connectivity index is 1.76. The molecule has 5 heteroatoms. The van der Waals surface area contributed by atoms with Crippen LogP contribution in [0.5, 0.6) is 5.75 Å². The highest BCUT2D eigenvalue weighted by Crippen LogP contribution is 2.30. The fraction of sp³-hybridized carbons (Fsp3) is 0.467. The molecule has 5 nitrogen and oxygen atoms in total. The van der Waals surface area contributed by atoms with Crippen molar-refractivity contribution in [2.75, 3.05) is 7.11 Å². The van der Waals surface area contributed by atoms with Crippen molar-refractivity contribution in [1.82, 2.24) is 5.32 Å². The molecule has 1 atom stereocenters. The third-order valence-electron chi connectivity index (χ3n) is 3.20. The molecule has 1 N–H and O–H groups in total. The first-order chi connectivity index (χ1) is 9.60. The van der Waals surface area contributed by atoms with Crippen LogP contribution in [0.3, 0.4) is 0 Å². The first-order valence-electron chi connectivity index (χ1n) is 6.71. The molecule has 1 aliphatic rings. The number of hydrogen-bond donors (Lipinski definition) is 1. The quantitative estimate of drug-likeness (QED) is 0.803. The molecule has 1 aromatic carbocycles. The van der Waals surface area contributed by atoms with Gasteiger partial charge in [-0.15, -0.1) is 0 Å². The molecule has 1 aliphatic carbocycles. The van der Waals surface area contributed by atoms with Gasteiger partial charge in [-0.1, -0.05) is 12.1 Å². The normalized spacial score (nSPS) is 15.3. The lowest BCUT2D eigenvalue weighted by atomic mass is 10.2. The number of hydrogen-bond acceptors (Lipinski definition) is 4. The number of esters is 1. The standard InChI is InChI=1S/C15H19NO4/c1-10(20-15(18)12-5-6-12)14(17)16-9-11-3-7-13(19-2)8-4-11/h3-4,7-8,10,12H,5-6,9H2,1-2H3,(H,16,17)/t10-/m1/s1. The van der Waals surface area contributed by atoms with Crippen LogP contribution < -0.4 is 10.1 Å². The average Bonchev–Trinajstić information content (AvgIpc) is 3.29. The molecular formula is C15H19NO4. The Morgan fingerprint density at radius 1 is 1.30 bits per heavy atom. The summed E-state index contributed by atoms with van der Waals surface area (Å²) in [6, 6.07) is 7.41. The van der Waals surface area contributed by atoms with E-state index >= 15 is 0 Å². The van der Waals surface area contributed by atoms with Crippen LogP contribution in [0.15, 0.2) is 24.3 Å². The Bertz CT molecular complexity index is 479. The second-order valence-electron chi connectivity index (χ2n) is 4.92. The molecule has 0 unspecified atom stereocenters. The molecule has 1 saturated carbocycles. The van der Waals surface area contributed by atoms with Gasteiger partial charge in [0, 0.05) is 6.54 Å². The minimum atomic E-state index is -0.749. The van der Waals surface area contributed by atoms with Gasteiger partial charge in [0.1, 0.15) is 5.75 Å². The van der Waals surface area contributed by atoms with Gasteiger partial charge in [-0.05, 0) is 37.5 Å². The van der Waals surface area contributed by atoms with Crippen LogP contribution >= 0.6 is 0 Å². The minimum absolute atomic E-state index is 0.00633. The average molecular weight is 277 g/mol. The molecule has 2 rings (SSSR count). The second-order valence-corrected chi connectivity index (χ2v) is 4.92. The largest absolute Gasteiger partial charge is 0.497 e. The molecule has 108 valence electrons. The van der Waals surface area contributed by atoms with Crippen molar-refractivity contribution in [2.24, 2.45) is 5.92 Å². The van der Waals surface area contributed by atoms with E-state index in [0.717, 1.165) is 24.2 Å². The first kappa shape index (κ1) is 14.4. The van der Waals surface area contributed by atoms with Crippen LogP contribution in [0.4, 0.5) is 0 Å². The number of benzene rings is 1. The van der Waals surface area contributed by atoms with Crippen LogP contribution in [-0.4, -0.2) is 25.1 Å². The summed E-state index contributed by atoms with van der Waals surface area (Å²) in [5.41, 5.74) is 0.958. The highest BCUT2D eigenvalue weighted by molar-refractivity contribution is 5.84. The summed E-state index contributed by atoms with van der Waals surface area (Å²) in [7, 11) is 1.60. The maximum absolute atomic E-state index is 11.8. The van der Waals surface area contributed by atoms with E-state index in [4.69, 9.17) is 9.47 Å². The fourth-order valence-electron chi connectivity index (χ4n) is 1.72. The van der Waals surface area contributed by atoms with Crippen molar-refractivity contribution in [3.05, 3.63) is 29.8 Å². The molecule has 0 spiro atoms. The lowest BCUT2D eigenvalue weighted by molar-refractivity contribution is -0.156. The van der Waals surface area contributed by atoms with Crippen LogP contribution in [0.1, 0.15) is 25.3 Å². The van der Waals surface area contributed by atoms with E-state index in [0.29, 0.717) is 6.54 Å². The number of carbonyl (C=O) groups is 2. The lowest BCUT2D eigenvalue weighted by Crippen LogP contribution is -2.35. The Morgan fingerprint density at radius 2 is 1.95 bits per heavy atom. The summed E-state index contributed by atoms with van der Waals surface area (Å²) in [5.74, 6) is 0.227. The molecule has 0 heterocycles. The second kappa shape index (κ2) is 6.41. The van der Waals surface area contributed by atoms with E-state index in [-0.39, 0.29) is 17.8 Å². The van der Waals surface area contributed by atoms with E-state index in [1.54, 1.807) is 14.0 Å². The van der Waals surface area contributed by atoms with Gasteiger partial charge in [-0.25, -0.2) is 0 Å². The van der Waals surface area contributed by atoms with E-state index in [9.17, 15) is 9.59 Å². The van der Waals surface area contributed by atoms with Crippen molar-refractivity contribution >= 4 is 11.9 Å². The summed E-state index contributed by atoms with van der Waals surface area (Å²) >= 11 is 0. The van der Waals surface area contributed by atoms with E-state index in [2.05, 4.69) is 5.32 Å². The number of amides is 1. The molecule has 20 heavy (non-hydrogen) atoms. The molecule has 0 aliphatic heterocycles. The Kier molecular flexibility index (Phi) is 4.61. The predicted octanol–water partition coefficient (Wildman–Crippen LogP) is 1.65. The van der Waals surface area contributed by atoms with Gasteiger partial charge in [-0.2, -0.15) is 0 Å². The summed E-state index contributed by atoms with van der Waals surface area (Å²) in [5, 5.41) is 2.74. The highest BCUT2D eigenvalue weighted by Gasteiger charge is 2.33. The van der Waals surface area contributed by atoms with Gasteiger partial charge in [0.25, 0.3) is 5.91 Å². The van der Waals surface area contributed by atoms with Crippen molar-refractivity contribution < 1.29 is 19.1 Å². The highest BCUT2D eigenvalue weighted by atomic mass is 16.5. The van der Waals surface area contributed by atoms with Crippen molar-refractivity contribution in [2.45, 2.75) is 32.4 Å². The zero-order valence-corrected chi connectivity index (χ0v) is 11.7. The number of carbonyl (C=O) groups excluding carboxylic acids is 2. The van der Waals surface area contributed by atoms with Crippen molar-refractivity contribution in [1.29, 1.82) is 0 Å². The van der Waals surface area contributed by atoms with Crippen LogP contribution in [-0.2, 0) is 20.9 Å². The molecular weight excluding hydrogens is 258 g/mol. The first-order valence-corrected chi connectivity index (χ1v) is 6.71. The third kappa shape index (κ3) is 3.98. The van der Waals surface area contributed by atoms with Crippen molar-refractivity contribution in [3.63, 3.8) is 0 Å². The van der Waals surface area contributed by atoms with E-state index < -0.39 is 6.10 Å². The zero-order chi connectivity index (χ0) is 14.5. The Morgan fingerprint density at radius 3 is 2.50 bits per heavy atom. The monoisotopic (exact) mass is 277 g/mol. The predicted molar refractivity (Wildman–Crippen MR) is 73.1 cm³/mol. The van der Waals surface area contributed by atoms with Gasteiger partial charge in [0.05, 0.1) is 13.0 Å². The molecule has 0 aromatic heterocycles. The molecule has 0 saturated heterocycles. The third-order valence-corrected chi connectivity index (χ3v) is 3.20. The molecule has 0 bridgehead atoms. The van der Waals surface area contributed by atoms with Crippen LogP contribution in [0, 0.1) is 5.92 Å². The van der Waals surface area contributed by atoms with Gasteiger partial charge in [0.15, 0.2) is 6.10 Å². The maximum Gasteiger partial charge on any atom is 0.309 e.